The molecule has 1 aromatic carbocycles. The summed E-state index contributed by atoms with van der Waals surface area (Å²) < 4.78 is 11.2. The number of nitrogens with zero attached hydrogens (tertiary/aromatic N) is 1. The maximum Gasteiger partial charge on any atom is 0.317 e. The SMILES string of the molecule is C[C@@H]1OCCN(C(=O)NCCCCOc2ccccc2)[C@H]1C. The highest BCUT2D eigenvalue weighted by Gasteiger charge is 2.28. The summed E-state index contributed by atoms with van der Waals surface area (Å²) in [6.07, 6.45) is 1.93. The molecule has 1 aromatic rings. The highest BCUT2D eigenvalue weighted by atomic mass is 16.5. The average Bonchev–Trinajstić information content (AvgIpc) is 2.54. The van der Waals surface area contributed by atoms with Crippen LogP contribution < -0.4 is 10.1 Å². The normalized spacial score (nSPS) is 21.5. The summed E-state index contributed by atoms with van der Waals surface area (Å²) in [5.74, 6) is 0.891. The minimum absolute atomic E-state index is 0.00614. The second-order valence-electron chi connectivity index (χ2n) is 5.61. The Balaban J connectivity index is 1.57. The second-order valence-corrected chi connectivity index (χ2v) is 5.61. The summed E-state index contributed by atoms with van der Waals surface area (Å²) in [5.41, 5.74) is 0. The van der Waals surface area contributed by atoms with Crippen molar-refractivity contribution in [2.24, 2.45) is 0 Å². The zero-order chi connectivity index (χ0) is 15.8. The van der Waals surface area contributed by atoms with E-state index >= 15 is 0 Å². The van der Waals surface area contributed by atoms with Crippen LogP contribution in [0.5, 0.6) is 5.75 Å². The van der Waals surface area contributed by atoms with Gasteiger partial charge in [0, 0.05) is 13.1 Å². The Kier molecular flexibility index (Phi) is 6.52. The maximum absolute atomic E-state index is 12.1. The molecule has 2 amide bonds. The molecule has 0 unspecified atom stereocenters. The number of ether oxygens (including phenoxy) is 2. The number of hydrogen-bond donors (Lipinski definition) is 1. The van der Waals surface area contributed by atoms with Crippen molar-refractivity contribution in [3.8, 4) is 5.75 Å². The van der Waals surface area contributed by atoms with Gasteiger partial charge < -0.3 is 19.7 Å². The minimum atomic E-state index is 0.00614. The Labute approximate surface area is 132 Å². The smallest absolute Gasteiger partial charge is 0.317 e. The Hall–Kier alpha value is -1.75. The zero-order valence-electron chi connectivity index (χ0n) is 13.5. The van der Waals surface area contributed by atoms with Gasteiger partial charge in [0.15, 0.2) is 0 Å². The summed E-state index contributed by atoms with van der Waals surface area (Å²) in [4.78, 5) is 14.0. The van der Waals surface area contributed by atoms with Crippen molar-refractivity contribution >= 4 is 6.03 Å². The lowest BCUT2D eigenvalue weighted by Gasteiger charge is -2.37. The highest BCUT2D eigenvalue weighted by Crippen LogP contribution is 2.13. The molecule has 1 saturated heterocycles. The molecule has 5 nitrogen and oxygen atoms in total. The van der Waals surface area contributed by atoms with Gasteiger partial charge in [0.05, 0.1) is 25.4 Å². The van der Waals surface area contributed by atoms with Gasteiger partial charge in [0.1, 0.15) is 5.75 Å². The molecule has 122 valence electrons. The first-order chi connectivity index (χ1) is 10.7. The van der Waals surface area contributed by atoms with E-state index < -0.39 is 0 Å². The molecule has 1 N–H and O–H groups in total. The quantitative estimate of drug-likeness (QED) is 0.822. The third-order valence-corrected chi connectivity index (χ3v) is 4.00. The number of carbonyl (C=O) groups is 1. The molecule has 0 spiro atoms. The van der Waals surface area contributed by atoms with Gasteiger partial charge in [-0.15, -0.1) is 0 Å². The van der Waals surface area contributed by atoms with E-state index in [1.807, 2.05) is 49.1 Å². The van der Waals surface area contributed by atoms with Crippen molar-refractivity contribution in [3.05, 3.63) is 30.3 Å². The van der Waals surface area contributed by atoms with Gasteiger partial charge in [-0.05, 0) is 38.8 Å². The van der Waals surface area contributed by atoms with Gasteiger partial charge >= 0.3 is 6.03 Å². The third-order valence-electron chi connectivity index (χ3n) is 4.00. The molecular formula is C17H26N2O3. The zero-order valence-corrected chi connectivity index (χ0v) is 13.5. The van der Waals surface area contributed by atoms with Crippen molar-refractivity contribution in [1.82, 2.24) is 10.2 Å². The van der Waals surface area contributed by atoms with E-state index in [9.17, 15) is 4.79 Å². The number of morpholine rings is 1. The van der Waals surface area contributed by atoms with Crippen LogP contribution in [0.1, 0.15) is 26.7 Å². The van der Waals surface area contributed by atoms with Gasteiger partial charge in [-0.25, -0.2) is 4.79 Å². The van der Waals surface area contributed by atoms with Crippen LogP contribution in [0.25, 0.3) is 0 Å². The minimum Gasteiger partial charge on any atom is -0.494 e. The first-order valence-corrected chi connectivity index (χ1v) is 8.02. The first kappa shape index (κ1) is 16.6. The van der Waals surface area contributed by atoms with E-state index in [1.54, 1.807) is 0 Å². The highest BCUT2D eigenvalue weighted by molar-refractivity contribution is 5.74. The summed E-state index contributed by atoms with van der Waals surface area (Å²) >= 11 is 0. The van der Waals surface area contributed by atoms with Crippen molar-refractivity contribution < 1.29 is 14.3 Å². The number of carbonyl (C=O) groups excluding carboxylic acids is 1. The van der Waals surface area contributed by atoms with E-state index in [4.69, 9.17) is 9.47 Å². The average molecular weight is 306 g/mol. The molecule has 0 bridgehead atoms. The number of urea groups is 1. The topological polar surface area (TPSA) is 50.8 Å². The van der Waals surface area contributed by atoms with Crippen LogP contribution in [0.4, 0.5) is 4.79 Å². The fourth-order valence-corrected chi connectivity index (χ4v) is 2.45. The number of benzene rings is 1. The summed E-state index contributed by atoms with van der Waals surface area (Å²) in [6, 6.07) is 9.91. The van der Waals surface area contributed by atoms with E-state index in [0.717, 1.165) is 18.6 Å². The van der Waals surface area contributed by atoms with Crippen molar-refractivity contribution in [2.45, 2.75) is 38.8 Å². The van der Waals surface area contributed by atoms with E-state index in [2.05, 4.69) is 5.32 Å². The number of para-hydroxylation sites is 1. The summed E-state index contributed by atoms with van der Waals surface area (Å²) in [6.45, 7) is 6.65. The fraction of sp³-hybridized carbons (Fsp3) is 0.588. The monoisotopic (exact) mass is 306 g/mol. The van der Waals surface area contributed by atoms with Crippen LogP contribution in [0.15, 0.2) is 30.3 Å². The Morgan fingerprint density at radius 1 is 1.32 bits per heavy atom. The maximum atomic E-state index is 12.1. The van der Waals surface area contributed by atoms with Gasteiger partial charge in [-0.2, -0.15) is 0 Å². The van der Waals surface area contributed by atoms with Crippen LogP contribution in [-0.2, 0) is 4.74 Å². The standard InChI is InChI=1S/C17H26N2O3/c1-14-15(2)21-13-11-19(14)17(20)18-10-6-7-12-22-16-8-4-3-5-9-16/h3-5,8-9,14-15H,6-7,10-13H2,1-2H3,(H,18,20)/t14-,15-/m0/s1. The number of unbranched alkanes of at least 4 members (excludes halogenated alkanes) is 1. The van der Waals surface area contributed by atoms with Crippen LogP contribution >= 0.6 is 0 Å². The van der Waals surface area contributed by atoms with E-state index in [0.29, 0.717) is 26.3 Å². The van der Waals surface area contributed by atoms with Gasteiger partial charge in [0.2, 0.25) is 0 Å². The van der Waals surface area contributed by atoms with E-state index in [-0.39, 0.29) is 18.2 Å². The molecule has 5 heteroatoms. The predicted molar refractivity (Wildman–Crippen MR) is 86.2 cm³/mol. The molecule has 0 aromatic heterocycles. The van der Waals surface area contributed by atoms with Crippen molar-refractivity contribution in [2.75, 3.05) is 26.3 Å². The van der Waals surface area contributed by atoms with Crippen LogP contribution in [0.2, 0.25) is 0 Å². The predicted octanol–water partition coefficient (Wildman–Crippen LogP) is 2.66. The number of rotatable bonds is 6. The molecule has 0 saturated carbocycles. The Morgan fingerprint density at radius 2 is 2.09 bits per heavy atom. The number of nitrogens with one attached hydrogen (secondary N) is 1. The van der Waals surface area contributed by atoms with E-state index in [1.165, 1.54) is 0 Å². The Bertz CT molecular complexity index is 452. The fourth-order valence-electron chi connectivity index (χ4n) is 2.45. The number of hydrogen-bond acceptors (Lipinski definition) is 3. The van der Waals surface area contributed by atoms with Crippen LogP contribution in [-0.4, -0.2) is 49.4 Å². The molecule has 2 rings (SSSR count). The molecule has 22 heavy (non-hydrogen) atoms. The first-order valence-electron chi connectivity index (χ1n) is 8.02. The van der Waals surface area contributed by atoms with Crippen molar-refractivity contribution in [1.29, 1.82) is 0 Å². The number of amides is 2. The lowest BCUT2D eigenvalue weighted by molar-refractivity contribution is -0.0376. The lowest BCUT2D eigenvalue weighted by atomic mass is 10.1. The van der Waals surface area contributed by atoms with Gasteiger partial charge in [-0.1, -0.05) is 18.2 Å². The van der Waals surface area contributed by atoms with Crippen LogP contribution in [0, 0.1) is 0 Å². The molecule has 1 aliphatic rings. The molecule has 1 aliphatic heterocycles. The summed E-state index contributed by atoms with van der Waals surface area (Å²) in [7, 11) is 0. The molecule has 1 fully saturated rings. The second kappa shape index (κ2) is 8.63. The van der Waals surface area contributed by atoms with Gasteiger partial charge in [0.25, 0.3) is 0 Å². The molecule has 1 heterocycles. The molecule has 2 atom stereocenters. The molecule has 0 aliphatic carbocycles. The summed E-state index contributed by atoms with van der Waals surface area (Å²) in [5, 5.41) is 2.98. The third kappa shape index (κ3) is 4.91. The lowest BCUT2D eigenvalue weighted by Crippen LogP contribution is -2.54. The van der Waals surface area contributed by atoms with Crippen molar-refractivity contribution in [3.63, 3.8) is 0 Å². The molecule has 0 radical (unpaired) electrons. The van der Waals surface area contributed by atoms with Crippen LogP contribution in [0.3, 0.4) is 0 Å². The molecular weight excluding hydrogens is 280 g/mol. The van der Waals surface area contributed by atoms with Gasteiger partial charge in [-0.3, -0.25) is 0 Å². The largest absolute Gasteiger partial charge is 0.494 e. The Morgan fingerprint density at radius 3 is 2.86 bits per heavy atom.